The zero-order valence-electron chi connectivity index (χ0n) is 19.9. The first kappa shape index (κ1) is 26.5. The number of hydrogen-bond acceptors (Lipinski definition) is 7. The van der Waals surface area contributed by atoms with Gasteiger partial charge in [-0.25, -0.2) is 9.97 Å². The number of ether oxygens (including phenoxy) is 1. The molecule has 0 unspecified atom stereocenters. The molecule has 3 heterocycles. The molecule has 5 rings (SSSR count). The number of piperazine rings is 1. The van der Waals surface area contributed by atoms with Gasteiger partial charge in [-0.05, 0) is 48.5 Å². The van der Waals surface area contributed by atoms with Crippen molar-refractivity contribution >= 4 is 44.7 Å². The molecule has 1 amide bonds. The maximum atomic E-state index is 13.2. The number of carbonyl (C=O) groups excluding carboxylic acids is 1. The van der Waals surface area contributed by atoms with E-state index < -0.39 is 18.1 Å². The van der Waals surface area contributed by atoms with E-state index in [0.717, 1.165) is 24.3 Å². The summed E-state index contributed by atoms with van der Waals surface area (Å²) in [4.78, 5) is 26.0. The van der Waals surface area contributed by atoms with Crippen LogP contribution in [0.4, 0.5) is 43.5 Å². The predicted molar refractivity (Wildman–Crippen MR) is 133 cm³/mol. The second-order valence-electron chi connectivity index (χ2n) is 8.58. The van der Waals surface area contributed by atoms with Crippen molar-refractivity contribution in [2.24, 2.45) is 0 Å². The van der Waals surface area contributed by atoms with Gasteiger partial charge in [-0.3, -0.25) is 4.79 Å². The van der Waals surface area contributed by atoms with Crippen LogP contribution in [0.1, 0.15) is 15.2 Å². The van der Waals surface area contributed by atoms with Gasteiger partial charge in [0.1, 0.15) is 22.7 Å². The topological polar surface area (TPSA) is 70.6 Å². The molecule has 4 aromatic rings. The standard InChI is InChI=1S/C25H19F6N5O2S/c26-24(27,28)15-2-1-3-17(12-15)35-8-10-36(11-9-35)23(37)20-13-19-21(32-14-33-22(19)39-20)34-16-4-6-18(7-5-16)38-25(29,30)31/h1-7,12-14H,8-11H2,(H,32,33,34). The zero-order chi connectivity index (χ0) is 27.8. The van der Waals surface area contributed by atoms with Gasteiger partial charge < -0.3 is 19.9 Å². The number of thiophene rings is 1. The van der Waals surface area contributed by atoms with Crippen LogP contribution in [-0.4, -0.2) is 53.3 Å². The second kappa shape index (κ2) is 10.2. The molecule has 0 saturated carbocycles. The fourth-order valence-electron chi connectivity index (χ4n) is 4.14. The molecule has 7 nitrogen and oxygen atoms in total. The molecule has 1 fully saturated rings. The van der Waals surface area contributed by atoms with Crippen molar-refractivity contribution < 1.29 is 35.9 Å². The van der Waals surface area contributed by atoms with Gasteiger partial charge >= 0.3 is 12.5 Å². The Morgan fingerprint density at radius 2 is 1.64 bits per heavy atom. The summed E-state index contributed by atoms with van der Waals surface area (Å²) in [6.07, 6.45) is -7.92. The molecule has 0 spiro atoms. The molecule has 0 aliphatic carbocycles. The van der Waals surface area contributed by atoms with Crippen LogP contribution < -0.4 is 15.0 Å². The third kappa shape index (κ3) is 6.16. The average Bonchev–Trinajstić information content (AvgIpc) is 3.34. The minimum Gasteiger partial charge on any atom is -0.406 e. The fraction of sp³-hybridized carbons (Fsp3) is 0.240. The molecule has 0 radical (unpaired) electrons. The first-order valence-electron chi connectivity index (χ1n) is 11.6. The number of halogens is 6. The third-order valence-corrected chi connectivity index (χ3v) is 7.03. The summed E-state index contributed by atoms with van der Waals surface area (Å²) in [6.45, 7) is 1.40. The molecule has 2 aromatic carbocycles. The molecule has 0 atom stereocenters. The van der Waals surface area contributed by atoms with Gasteiger partial charge in [-0.2, -0.15) is 13.2 Å². The number of aromatic nitrogens is 2. The SMILES string of the molecule is O=C(c1cc2c(Nc3ccc(OC(F)(F)F)cc3)ncnc2s1)N1CCN(c2cccc(C(F)(F)F)c2)CC1. The van der Waals surface area contributed by atoms with E-state index in [9.17, 15) is 31.1 Å². The number of carbonyl (C=O) groups is 1. The minimum absolute atomic E-state index is 0.235. The first-order valence-corrected chi connectivity index (χ1v) is 12.4. The maximum Gasteiger partial charge on any atom is 0.573 e. The Bertz CT molecular complexity index is 1480. The lowest BCUT2D eigenvalue weighted by Gasteiger charge is -2.36. The first-order chi connectivity index (χ1) is 18.5. The van der Waals surface area contributed by atoms with Gasteiger partial charge in [0.2, 0.25) is 0 Å². The van der Waals surface area contributed by atoms with E-state index in [1.807, 2.05) is 4.90 Å². The van der Waals surface area contributed by atoms with Gasteiger partial charge in [0.05, 0.1) is 15.8 Å². The Morgan fingerprint density at radius 1 is 0.923 bits per heavy atom. The number of amides is 1. The van der Waals surface area contributed by atoms with Crippen LogP contribution in [0.15, 0.2) is 60.9 Å². The number of nitrogens with one attached hydrogen (secondary N) is 1. The molecule has 1 aliphatic heterocycles. The summed E-state index contributed by atoms with van der Waals surface area (Å²) in [5, 5.41) is 3.57. The van der Waals surface area contributed by atoms with Gasteiger partial charge in [0.25, 0.3) is 5.91 Å². The number of anilines is 3. The van der Waals surface area contributed by atoms with Crippen molar-refractivity contribution in [3.05, 3.63) is 71.4 Å². The molecule has 1 N–H and O–H groups in total. The lowest BCUT2D eigenvalue weighted by atomic mass is 10.1. The fourth-order valence-corrected chi connectivity index (χ4v) is 5.11. The molecule has 1 aliphatic rings. The smallest absolute Gasteiger partial charge is 0.406 e. The van der Waals surface area contributed by atoms with Gasteiger partial charge in [-0.15, -0.1) is 24.5 Å². The summed E-state index contributed by atoms with van der Waals surface area (Å²) >= 11 is 1.17. The highest BCUT2D eigenvalue weighted by molar-refractivity contribution is 7.20. The van der Waals surface area contributed by atoms with Crippen molar-refractivity contribution in [3.63, 3.8) is 0 Å². The van der Waals surface area contributed by atoms with E-state index >= 15 is 0 Å². The summed E-state index contributed by atoms with van der Waals surface area (Å²) in [6, 6.07) is 11.9. The molecular formula is C25H19F6N5O2S. The molecule has 0 bridgehead atoms. The van der Waals surface area contributed by atoms with Crippen LogP contribution in [0.3, 0.4) is 0 Å². The molecular weight excluding hydrogens is 548 g/mol. The van der Waals surface area contributed by atoms with Gasteiger partial charge in [-0.1, -0.05) is 6.07 Å². The van der Waals surface area contributed by atoms with E-state index in [1.165, 1.54) is 35.9 Å². The van der Waals surface area contributed by atoms with E-state index in [0.29, 0.717) is 58.5 Å². The van der Waals surface area contributed by atoms with Crippen molar-refractivity contribution in [1.82, 2.24) is 14.9 Å². The van der Waals surface area contributed by atoms with Crippen molar-refractivity contribution in [2.45, 2.75) is 12.5 Å². The van der Waals surface area contributed by atoms with E-state index in [4.69, 9.17) is 0 Å². The average molecular weight is 568 g/mol. The molecule has 2 aromatic heterocycles. The Kier molecular flexibility index (Phi) is 6.97. The number of alkyl halides is 6. The Labute approximate surface area is 221 Å². The predicted octanol–water partition coefficient (Wildman–Crippen LogP) is 6.31. The van der Waals surface area contributed by atoms with Crippen LogP contribution in [0.25, 0.3) is 10.2 Å². The van der Waals surface area contributed by atoms with Crippen LogP contribution in [0, 0.1) is 0 Å². The number of fused-ring (bicyclic) bond motifs is 1. The zero-order valence-corrected chi connectivity index (χ0v) is 20.7. The second-order valence-corrected chi connectivity index (χ2v) is 9.61. The molecule has 14 heteroatoms. The highest BCUT2D eigenvalue weighted by Gasteiger charge is 2.32. The quantitative estimate of drug-likeness (QED) is 0.285. The molecule has 39 heavy (non-hydrogen) atoms. The number of hydrogen-bond donors (Lipinski definition) is 1. The highest BCUT2D eigenvalue weighted by Crippen LogP contribution is 2.33. The summed E-state index contributed by atoms with van der Waals surface area (Å²) in [7, 11) is 0. The molecule has 204 valence electrons. The summed E-state index contributed by atoms with van der Waals surface area (Å²) in [5.74, 6) is -0.229. The number of nitrogens with zero attached hydrogens (tertiary/aromatic N) is 4. The monoisotopic (exact) mass is 567 g/mol. The lowest BCUT2D eigenvalue weighted by Crippen LogP contribution is -2.48. The Hall–Kier alpha value is -4.07. The lowest BCUT2D eigenvalue weighted by molar-refractivity contribution is -0.274. The number of rotatable bonds is 5. The van der Waals surface area contributed by atoms with E-state index in [2.05, 4.69) is 20.0 Å². The van der Waals surface area contributed by atoms with Crippen molar-refractivity contribution in [2.75, 3.05) is 36.4 Å². The maximum absolute atomic E-state index is 13.2. The van der Waals surface area contributed by atoms with Crippen LogP contribution in [-0.2, 0) is 6.18 Å². The Balaban J connectivity index is 1.26. The summed E-state index contributed by atoms with van der Waals surface area (Å²) in [5.41, 5.74) is 0.178. The summed E-state index contributed by atoms with van der Waals surface area (Å²) < 4.78 is 80.3. The van der Waals surface area contributed by atoms with E-state index in [1.54, 1.807) is 17.0 Å². The highest BCUT2D eigenvalue weighted by atomic mass is 32.1. The van der Waals surface area contributed by atoms with Crippen molar-refractivity contribution in [3.8, 4) is 5.75 Å². The minimum atomic E-state index is -4.79. The largest absolute Gasteiger partial charge is 0.573 e. The Morgan fingerprint density at radius 3 is 2.31 bits per heavy atom. The van der Waals surface area contributed by atoms with Crippen LogP contribution in [0.5, 0.6) is 5.75 Å². The normalized spacial score (nSPS) is 14.5. The third-order valence-electron chi connectivity index (χ3n) is 6.00. The van der Waals surface area contributed by atoms with Crippen molar-refractivity contribution in [1.29, 1.82) is 0 Å². The number of benzene rings is 2. The van der Waals surface area contributed by atoms with Crippen LogP contribution >= 0.6 is 11.3 Å². The van der Waals surface area contributed by atoms with Gasteiger partial charge in [0, 0.05) is 37.6 Å². The van der Waals surface area contributed by atoms with E-state index in [-0.39, 0.29) is 11.7 Å². The van der Waals surface area contributed by atoms with Crippen LogP contribution in [0.2, 0.25) is 0 Å². The van der Waals surface area contributed by atoms with Gasteiger partial charge in [0.15, 0.2) is 0 Å². The molecule has 1 saturated heterocycles.